The van der Waals surface area contributed by atoms with E-state index in [-0.39, 0.29) is 11.8 Å². The maximum Gasteiger partial charge on any atom is 0.227 e. The van der Waals surface area contributed by atoms with Crippen molar-refractivity contribution in [2.45, 2.75) is 25.7 Å². The van der Waals surface area contributed by atoms with Gasteiger partial charge in [-0.25, -0.2) is 0 Å². The molecule has 4 heteroatoms. The van der Waals surface area contributed by atoms with Gasteiger partial charge in [-0.1, -0.05) is 35.9 Å². The van der Waals surface area contributed by atoms with Gasteiger partial charge in [0.1, 0.15) is 5.75 Å². The van der Waals surface area contributed by atoms with Crippen LogP contribution in [0.2, 0.25) is 0 Å². The van der Waals surface area contributed by atoms with Gasteiger partial charge in [0, 0.05) is 29.8 Å². The van der Waals surface area contributed by atoms with Crippen LogP contribution >= 0.6 is 0 Å². The average Bonchev–Trinajstić information content (AvgIpc) is 3.07. The molecule has 2 aromatic carbocycles. The number of methoxy groups -OCH3 is 1. The molecule has 0 spiro atoms. The van der Waals surface area contributed by atoms with E-state index in [2.05, 4.69) is 54.4 Å². The van der Waals surface area contributed by atoms with Crippen LogP contribution in [0.1, 0.15) is 41.1 Å². The Bertz CT molecular complexity index is 1080. The molecular formula is C23H22N2O2. The minimum atomic E-state index is 0.139. The van der Waals surface area contributed by atoms with Gasteiger partial charge >= 0.3 is 0 Å². The molecule has 0 fully saturated rings. The second-order valence-corrected chi connectivity index (χ2v) is 7.42. The number of carbonyl (C=O) groups is 1. The molecule has 3 aromatic rings. The van der Waals surface area contributed by atoms with Crippen molar-refractivity contribution in [2.24, 2.45) is 0 Å². The maximum absolute atomic E-state index is 12.6. The van der Waals surface area contributed by atoms with Gasteiger partial charge in [-0.05, 0) is 42.7 Å². The third-order valence-corrected chi connectivity index (χ3v) is 5.78. The summed E-state index contributed by atoms with van der Waals surface area (Å²) < 4.78 is 5.47. The van der Waals surface area contributed by atoms with Gasteiger partial charge in [-0.3, -0.25) is 4.79 Å². The van der Waals surface area contributed by atoms with E-state index in [1.807, 2.05) is 11.0 Å². The normalized spacial score (nSPS) is 18.9. The molecule has 2 aliphatic rings. The Morgan fingerprint density at radius 1 is 1.15 bits per heavy atom. The maximum atomic E-state index is 12.6. The molecule has 0 radical (unpaired) electrons. The molecule has 1 amide bonds. The number of ether oxygens (including phenoxy) is 1. The van der Waals surface area contributed by atoms with Crippen molar-refractivity contribution in [2.75, 3.05) is 13.7 Å². The quantitative estimate of drug-likeness (QED) is 0.728. The lowest BCUT2D eigenvalue weighted by Crippen LogP contribution is -2.39. The van der Waals surface area contributed by atoms with Crippen molar-refractivity contribution >= 4 is 22.5 Å². The number of rotatable bonds is 2. The Morgan fingerprint density at radius 3 is 2.74 bits per heavy atom. The highest BCUT2D eigenvalue weighted by Crippen LogP contribution is 2.45. The summed E-state index contributed by atoms with van der Waals surface area (Å²) in [5.74, 6) is 1.20. The van der Waals surface area contributed by atoms with Crippen LogP contribution in [-0.2, 0) is 4.79 Å². The van der Waals surface area contributed by atoms with Gasteiger partial charge in [0.15, 0.2) is 0 Å². The number of carbonyl (C=O) groups excluding carboxylic acids is 1. The zero-order chi connectivity index (χ0) is 18.5. The molecule has 0 saturated heterocycles. The number of allylic oxidation sites excluding steroid dienone is 1. The summed E-state index contributed by atoms with van der Waals surface area (Å²) in [4.78, 5) is 18.2. The summed E-state index contributed by atoms with van der Waals surface area (Å²) in [5.41, 5.74) is 6.93. The third kappa shape index (κ3) is 2.47. The highest BCUT2D eigenvalue weighted by atomic mass is 16.5. The lowest BCUT2D eigenvalue weighted by Gasteiger charge is -2.37. The number of aryl methyl sites for hydroxylation is 1. The van der Waals surface area contributed by atoms with E-state index in [9.17, 15) is 4.79 Å². The summed E-state index contributed by atoms with van der Waals surface area (Å²) in [7, 11) is 1.70. The fraction of sp³-hybridized carbons (Fsp3) is 0.261. The highest BCUT2D eigenvalue weighted by Gasteiger charge is 2.36. The molecule has 4 nitrogen and oxygen atoms in total. The summed E-state index contributed by atoms with van der Waals surface area (Å²) in [6.07, 6.45) is 3.59. The number of aromatic amines is 1. The van der Waals surface area contributed by atoms with Crippen LogP contribution in [0, 0.1) is 6.92 Å². The predicted molar refractivity (Wildman–Crippen MR) is 107 cm³/mol. The molecule has 0 bridgehead atoms. The molecule has 1 N–H and O–H groups in total. The van der Waals surface area contributed by atoms with Crippen LogP contribution in [0.15, 0.2) is 48.5 Å². The molecule has 2 aliphatic heterocycles. The first-order valence-electron chi connectivity index (χ1n) is 9.43. The van der Waals surface area contributed by atoms with Crippen LogP contribution in [0.5, 0.6) is 5.75 Å². The molecule has 136 valence electrons. The van der Waals surface area contributed by atoms with E-state index in [0.717, 1.165) is 29.1 Å². The molecule has 0 saturated carbocycles. The number of fused-ring (bicyclic) bond motifs is 5. The standard InChI is InChI=1S/C23H22N2O2/c1-14-6-8-15(9-7-14)18-13-25-20(4-3-5-21(25)26)23-22(18)17-12-16(27-2)10-11-19(17)24-23/h4,6-12,18,24H,3,5,13H2,1-2H3. The first-order valence-corrected chi connectivity index (χ1v) is 9.43. The largest absolute Gasteiger partial charge is 0.497 e. The van der Waals surface area contributed by atoms with Gasteiger partial charge < -0.3 is 14.6 Å². The molecule has 1 aromatic heterocycles. The van der Waals surface area contributed by atoms with Crippen LogP contribution in [0.3, 0.4) is 0 Å². The topological polar surface area (TPSA) is 45.3 Å². The molecule has 1 unspecified atom stereocenters. The summed E-state index contributed by atoms with van der Waals surface area (Å²) in [6.45, 7) is 2.78. The lowest BCUT2D eigenvalue weighted by atomic mass is 9.83. The van der Waals surface area contributed by atoms with Crippen LogP contribution in [0.25, 0.3) is 16.6 Å². The first-order chi connectivity index (χ1) is 13.2. The SMILES string of the molecule is COc1ccc2[nH]c3c(c2c1)C(c1ccc(C)cc1)CN1C(=O)CCC=C31. The van der Waals surface area contributed by atoms with Gasteiger partial charge in [0.25, 0.3) is 0 Å². The average molecular weight is 358 g/mol. The molecule has 0 aliphatic carbocycles. The van der Waals surface area contributed by atoms with Crippen molar-refractivity contribution in [1.82, 2.24) is 9.88 Å². The second kappa shape index (κ2) is 6.02. The van der Waals surface area contributed by atoms with Gasteiger partial charge in [0.2, 0.25) is 5.91 Å². The van der Waals surface area contributed by atoms with Crippen molar-refractivity contribution in [1.29, 1.82) is 0 Å². The fourth-order valence-corrected chi connectivity index (χ4v) is 4.38. The Labute approximate surface area is 158 Å². The van der Waals surface area contributed by atoms with E-state index in [0.29, 0.717) is 13.0 Å². The lowest BCUT2D eigenvalue weighted by molar-refractivity contribution is -0.128. The number of nitrogens with one attached hydrogen (secondary N) is 1. The molecule has 27 heavy (non-hydrogen) atoms. The molecule has 1 atom stereocenters. The number of aromatic nitrogens is 1. The van der Waals surface area contributed by atoms with Gasteiger partial charge in [-0.2, -0.15) is 0 Å². The molecule has 5 rings (SSSR count). The summed E-state index contributed by atoms with van der Waals surface area (Å²) in [5, 5.41) is 1.17. The Balaban J connectivity index is 1.78. The number of H-pyrrole nitrogens is 1. The van der Waals surface area contributed by atoms with E-state index in [1.54, 1.807) is 7.11 Å². The van der Waals surface area contributed by atoms with Crippen molar-refractivity contribution in [3.8, 4) is 5.75 Å². The second-order valence-electron chi connectivity index (χ2n) is 7.42. The number of amides is 1. The van der Waals surface area contributed by atoms with E-state index >= 15 is 0 Å². The third-order valence-electron chi connectivity index (χ3n) is 5.78. The van der Waals surface area contributed by atoms with Crippen LogP contribution in [-0.4, -0.2) is 29.4 Å². The predicted octanol–water partition coefficient (Wildman–Crippen LogP) is 4.59. The first kappa shape index (κ1) is 16.2. The highest BCUT2D eigenvalue weighted by molar-refractivity contribution is 5.97. The Hall–Kier alpha value is -3.01. The minimum absolute atomic E-state index is 0.139. The number of hydrogen-bond acceptors (Lipinski definition) is 2. The monoisotopic (exact) mass is 358 g/mol. The molecular weight excluding hydrogens is 336 g/mol. The molecule has 3 heterocycles. The summed E-state index contributed by atoms with van der Waals surface area (Å²) in [6, 6.07) is 14.8. The summed E-state index contributed by atoms with van der Waals surface area (Å²) >= 11 is 0. The number of hydrogen-bond donors (Lipinski definition) is 1. The van der Waals surface area contributed by atoms with Crippen molar-refractivity contribution in [3.05, 3.63) is 70.9 Å². The number of nitrogens with zero attached hydrogens (tertiary/aromatic N) is 1. The zero-order valence-corrected chi connectivity index (χ0v) is 15.6. The van der Waals surface area contributed by atoms with E-state index < -0.39 is 0 Å². The number of benzene rings is 2. The Morgan fingerprint density at radius 2 is 1.96 bits per heavy atom. The smallest absolute Gasteiger partial charge is 0.227 e. The van der Waals surface area contributed by atoms with Crippen molar-refractivity contribution < 1.29 is 9.53 Å². The van der Waals surface area contributed by atoms with E-state index in [1.165, 1.54) is 22.1 Å². The van der Waals surface area contributed by atoms with Gasteiger partial charge in [0.05, 0.1) is 18.5 Å². The van der Waals surface area contributed by atoms with Crippen LogP contribution < -0.4 is 4.74 Å². The zero-order valence-electron chi connectivity index (χ0n) is 15.6. The Kier molecular flexibility index (Phi) is 3.61. The van der Waals surface area contributed by atoms with E-state index in [4.69, 9.17) is 4.74 Å². The van der Waals surface area contributed by atoms with Gasteiger partial charge in [-0.15, -0.1) is 0 Å². The fourth-order valence-electron chi connectivity index (χ4n) is 4.38. The van der Waals surface area contributed by atoms with Crippen LogP contribution in [0.4, 0.5) is 0 Å². The van der Waals surface area contributed by atoms with Crippen molar-refractivity contribution in [3.63, 3.8) is 0 Å². The minimum Gasteiger partial charge on any atom is -0.497 e.